The van der Waals surface area contributed by atoms with E-state index in [9.17, 15) is 38.7 Å². The van der Waals surface area contributed by atoms with E-state index in [0.717, 1.165) is 38.0 Å². The van der Waals surface area contributed by atoms with Gasteiger partial charge in [-0.25, -0.2) is 4.98 Å². The molecule has 9 rings (SSSR count). The summed E-state index contributed by atoms with van der Waals surface area (Å²) in [5.41, 5.74) is 12.7. The van der Waals surface area contributed by atoms with E-state index in [1.807, 2.05) is 93.6 Å². The molecule has 436 valence electrons. The van der Waals surface area contributed by atoms with Crippen LogP contribution in [0.1, 0.15) is 95.5 Å². The number of fused-ring (bicyclic) bond motifs is 2. The number of aromatic nitrogens is 1. The molecule has 7 amide bonds. The molecule has 3 aliphatic heterocycles. The third kappa shape index (κ3) is 14.2. The number of carbonyl (C=O) groups excluding carboxylic acids is 7. The highest BCUT2D eigenvalue weighted by Gasteiger charge is 2.46. The van der Waals surface area contributed by atoms with Crippen LogP contribution < -0.4 is 31.7 Å². The lowest BCUT2D eigenvalue weighted by Gasteiger charge is -2.35. The summed E-state index contributed by atoms with van der Waals surface area (Å²) in [5, 5.41) is 24.5. The number of likely N-dealkylation sites (tertiary alicyclic amines) is 2. The minimum Gasteiger partial charge on any atom is -0.491 e. The first-order chi connectivity index (χ1) is 40.2. The minimum absolute atomic E-state index is 0.0402. The number of aryl methyl sites for hydroxylation is 1. The van der Waals surface area contributed by atoms with Gasteiger partial charge in [0.2, 0.25) is 29.5 Å². The Labute approximate surface area is 487 Å². The first-order valence-corrected chi connectivity index (χ1v) is 29.4. The maximum absolute atomic E-state index is 14.3. The summed E-state index contributed by atoms with van der Waals surface area (Å²) in [6.45, 7) is 7.30. The second kappa shape index (κ2) is 27.8. The molecule has 20 heteroatoms. The molecule has 0 bridgehead atoms. The van der Waals surface area contributed by atoms with Crippen molar-refractivity contribution in [3.8, 4) is 16.2 Å². The van der Waals surface area contributed by atoms with Crippen LogP contribution in [0.4, 0.5) is 5.69 Å². The predicted molar refractivity (Wildman–Crippen MR) is 316 cm³/mol. The van der Waals surface area contributed by atoms with Gasteiger partial charge in [0.1, 0.15) is 36.5 Å². The number of nitrogens with zero attached hydrogens (tertiary/aromatic N) is 4. The summed E-state index contributed by atoms with van der Waals surface area (Å²) in [4.78, 5) is 107. The summed E-state index contributed by atoms with van der Waals surface area (Å²) in [7, 11) is 0. The van der Waals surface area contributed by atoms with Crippen LogP contribution in [-0.4, -0.2) is 142 Å². The highest BCUT2D eigenvalue weighted by Crippen LogP contribution is 2.34. The van der Waals surface area contributed by atoms with Gasteiger partial charge in [-0.15, -0.1) is 11.3 Å². The third-order valence-corrected chi connectivity index (χ3v) is 16.6. The number of ether oxygens (including phenoxy) is 2. The van der Waals surface area contributed by atoms with Crippen molar-refractivity contribution in [2.24, 2.45) is 11.7 Å². The van der Waals surface area contributed by atoms with Crippen LogP contribution in [0.5, 0.6) is 5.75 Å². The number of para-hydroxylation sites is 1. The fraction of sp³-hybridized carbons (Fsp3) is 0.397. The number of aliphatic hydroxyl groups excluding tert-OH is 1. The zero-order valence-corrected chi connectivity index (χ0v) is 48.0. The van der Waals surface area contributed by atoms with E-state index >= 15 is 0 Å². The molecule has 7 N–H and O–H groups in total. The van der Waals surface area contributed by atoms with Crippen molar-refractivity contribution < 1.29 is 48.1 Å². The van der Waals surface area contributed by atoms with Crippen molar-refractivity contribution in [1.82, 2.24) is 35.6 Å². The molecule has 0 radical (unpaired) electrons. The van der Waals surface area contributed by atoms with E-state index in [1.54, 1.807) is 51.7 Å². The van der Waals surface area contributed by atoms with Crippen LogP contribution in [0, 0.1) is 12.8 Å². The van der Waals surface area contributed by atoms with Gasteiger partial charge in [-0.1, -0.05) is 98.8 Å². The SMILES string of the molecule is Cc1ncsc1-c1ccc(CNC(=O)[C@@H]2C[C@@H](O)CN2C(=O)[C@H](C(C)C)N2Cc3ccccc3C2=O)c(OCCOCCNC(=O)c2ccccc2NC(=O)[C@H](CCCCN)NC(=O)[C@@H]2CCCN2C(=O)Cc2cccc3ccccc23)c1. The van der Waals surface area contributed by atoms with Crippen LogP contribution in [-0.2, 0) is 48.2 Å². The molecule has 1 aromatic heterocycles. The summed E-state index contributed by atoms with van der Waals surface area (Å²) < 4.78 is 12.2. The fourth-order valence-electron chi connectivity index (χ4n) is 11.3. The number of unbranched alkanes of at least 4 members (excludes halogenated alkanes) is 1. The van der Waals surface area contributed by atoms with Gasteiger partial charge in [0.15, 0.2) is 0 Å². The third-order valence-electron chi connectivity index (χ3n) is 15.6. The topological polar surface area (TPSA) is 255 Å². The highest BCUT2D eigenvalue weighted by atomic mass is 32.1. The minimum atomic E-state index is -0.965. The average molecular weight is 1150 g/mol. The predicted octanol–water partition coefficient (Wildman–Crippen LogP) is 6.14. The van der Waals surface area contributed by atoms with Gasteiger partial charge in [-0.3, -0.25) is 33.6 Å². The van der Waals surface area contributed by atoms with Gasteiger partial charge in [0.25, 0.3) is 11.8 Å². The molecule has 83 heavy (non-hydrogen) atoms. The molecule has 0 aliphatic carbocycles. The number of hydrogen-bond acceptors (Lipinski definition) is 13. The van der Waals surface area contributed by atoms with Crippen molar-refractivity contribution in [3.05, 3.63) is 148 Å². The standard InChI is InChI=1S/C63H73N9O10S/c1-39(2)56(72-36-45-15-5-7-19-48(45)62(72)79)63(80)71-37-46(73)34-53(71)60(77)66-35-44-25-24-43(57-40(3)67-38-83-57)32-54(44)82-31-30-81-29-27-65-58(75)49-20-8-9-21-50(49)68-59(76)51(22-10-11-26-64)69-61(78)52-23-13-28-70(52)55(74)33-42-17-12-16-41-14-4-6-18-47(41)42/h4-9,12,14-21,24-25,32,38-39,46,51-53,56,73H,10-11,13,22-23,26-31,33-37,64H2,1-3H3,(H,65,75)(H,66,77)(H,68,76)(H,69,78)/t46-,51+,52+,53+,56+/m1/s1. The number of nitrogens with one attached hydrogen (secondary N) is 4. The number of anilines is 1. The first kappa shape index (κ1) is 59.6. The molecular formula is C63H73N9O10S. The van der Waals surface area contributed by atoms with E-state index in [1.165, 1.54) is 16.2 Å². The highest BCUT2D eigenvalue weighted by molar-refractivity contribution is 7.13. The molecule has 0 spiro atoms. The number of β-amino-alcohol motifs (C(OH)–C–C–N with tert-alkyl or cyclic N) is 1. The quantitative estimate of drug-likeness (QED) is 0.0354. The summed E-state index contributed by atoms with van der Waals surface area (Å²) in [5.74, 6) is -2.38. The van der Waals surface area contributed by atoms with Gasteiger partial charge in [-0.2, -0.15) is 0 Å². The number of amides is 7. The lowest BCUT2D eigenvalue weighted by atomic mass is 10.0. The van der Waals surface area contributed by atoms with Crippen LogP contribution >= 0.6 is 11.3 Å². The Morgan fingerprint density at radius 3 is 2.42 bits per heavy atom. The van der Waals surface area contributed by atoms with Crippen molar-refractivity contribution in [2.75, 3.05) is 51.3 Å². The molecule has 0 saturated carbocycles. The number of aliphatic hydroxyl groups is 1. The Bertz CT molecular complexity index is 3330. The summed E-state index contributed by atoms with van der Waals surface area (Å²) in [6, 6.07) is 29.8. The zero-order valence-electron chi connectivity index (χ0n) is 47.1. The number of carbonyl (C=O) groups is 7. The molecule has 5 aromatic carbocycles. The van der Waals surface area contributed by atoms with Crippen molar-refractivity contribution in [2.45, 2.75) is 109 Å². The second-order valence-corrected chi connectivity index (χ2v) is 22.5. The zero-order chi connectivity index (χ0) is 58.6. The Kier molecular flexibility index (Phi) is 20.0. The lowest BCUT2D eigenvalue weighted by Crippen LogP contribution is -2.55. The monoisotopic (exact) mass is 1150 g/mol. The van der Waals surface area contributed by atoms with Crippen molar-refractivity contribution in [3.63, 3.8) is 0 Å². The van der Waals surface area contributed by atoms with E-state index in [0.29, 0.717) is 62.1 Å². The molecule has 5 atom stereocenters. The number of nitrogens with two attached hydrogens (primary N) is 1. The second-order valence-electron chi connectivity index (χ2n) is 21.6. The molecule has 19 nitrogen and oxygen atoms in total. The lowest BCUT2D eigenvalue weighted by molar-refractivity contribution is -0.143. The largest absolute Gasteiger partial charge is 0.491 e. The average Bonchev–Trinajstić information content (AvgIpc) is 4.26. The molecule has 2 fully saturated rings. The Hall–Kier alpha value is -8.04. The smallest absolute Gasteiger partial charge is 0.255 e. The van der Waals surface area contributed by atoms with Gasteiger partial charge >= 0.3 is 0 Å². The Morgan fingerprint density at radius 2 is 1.63 bits per heavy atom. The molecule has 0 unspecified atom stereocenters. The van der Waals surface area contributed by atoms with Gasteiger partial charge in [0, 0.05) is 50.3 Å². The number of thiazole rings is 1. The van der Waals surface area contributed by atoms with Crippen LogP contribution in [0.3, 0.4) is 0 Å². The van der Waals surface area contributed by atoms with E-state index in [2.05, 4.69) is 26.3 Å². The number of hydrogen-bond donors (Lipinski definition) is 6. The summed E-state index contributed by atoms with van der Waals surface area (Å²) in [6.07, 6.45) is 1.87. The Morgan fingerprint density at radius 1 is 0.843 bits per heavy atom. The molecule has 4 heterocycles. The number of benzene rings is 5. The van der Waals surface area contributed by atoms with Gasteiger partial charge < -0.3 is 56.3 Å². The van der Waals surface area contributed by atoms with Crippen LogP contribution in [0.15, 0.2) is 115 Å². The molecule has 3 aliphatic rings. The number of rotatable bonds is 25. The maximum Gasteiger partial charge on any atom is 0.255 e. The summed E-state index contributed by atoms with van der Waals surface area (Å²) >= 11 is 1.49. The van der Waals surface area contributed by atoms with E-state index in [4.69, 9.17) is 15.2 Å². The van der Waals surface area contributed by atoms with Crippen molar-refractivity contribution in [1.29, 1.82) is 0 Å². The molecular weight excluding hydrogens is 1070 g/mol. The van der Waals surface area contributed by atoms with Gasteiger partial charge in [-0.05, 0) is 103 Å². The Balaban J connectivity index is 0.768. The van der Waals surface area contributed by atoms with E-state index in [-0.39, 0.29) is 87.8 Å². The van der Waals surface area contributed by atoms with Gasteiger partial charge in [0.05, 0.1) is 53.1 Å². The normalized spacial score (nSPS) is 17.3. The molecule has 2 saturated heterocycles. The van der Waals surface area contributed by atoms with Crippen molar-refractivity contribution >= 4 is 69.1 Å². The first-order valence-electron chi connectivity index (χ1n) is 28.5. The fourth-order valence-corrected chi connectivity index (χ4v) is 12.1. The van der Waals surface area contributed by atoms with Crippen LogP contribution in [0.25, 0.3) is 21.2 Å². The van der Waals surface area contributed by atoms with Crippen LogP contribution in [0.2, 0.25) is 0 Å². The van der Waals surface area contributed by atoms with E-state index < -0.39 is 59.8 Å². The molecule has 6 aromatic rings. The maximum atomic E-state index is 14.3.